The molecule has 4 fully saturated rings. The number of phosphoric acid groups is 3. The van der Waals surface area contributed by atoms with Gasteiger partial charge in [0.15, 0.2) is 23.5 Å². The van der Waals surface area contributed by atoms with Crippen LogP contribution < -0.4 is 16.4 Å². The second-order valence-electron chi connectivity index (χ2n) is 20.3. The number of fused-ring (bicyclic) bond motifs is 6. The van der Waals surface area contributed by atoms with E-state index in [1.165, 1.54) is 25.0 Å². The number of carbonyl (C=O) groups excluding carboxylic acids is 4. The fraction of sp³-hybridized carbons (Fsp3) is 0.698. The Morgan fingerprint density at radius 2 is 1.68 bits per heavy atom. The van der Waals surface area contributed by atoms with Crippen LogP contribution in [0.1, 0.15) is 98.6 Å². The van der Waals surface area contributed by atoms with E-state index in [0.29, 0.717) is 29.9 Å². The van der Waals surface area contributed by atoms with Crippen molar-refractivity contribution in [3.8, 4) is 0 Å². The maximum atomic E-state index is 13.5. The van der Waals surface area contributed by atoms with E-state index < -0.39 is 84.6 Å². The van der Waals surface area contributed by atoms with Crippen molar-refractivity contribution in [1.82, 2.24) is 30.2 Å². The number of ether oxygens (including phenoxy) is 1. The molecule has 10 N–H and O–H groups in total. The number of aliphatic hydroxyl groups is 2. The highest BCUT2D eigenvalue weighted by Gasteiger charge is 2.58. The fourth-order valence-electron chi connectivity index (χ4n) is 11.5. The number of anilines is 1. The van der Waals surface area contributed by atoms with Gasteiger partial charge in [-0.1, -0.05) is 50.6 Å². The Bertz CT molecular complexity index is 2650. The standard InChI is InChI=1S/C43H64N7O18P3S/c1-23(27-8-9-28-26-7-6-24-18-25(51)10-13-42(24,4)29(26)11-14-43(27,28)5)40(56)72-17-16-45-31(52)12-15-46-38(55)35(54)41(2,3)20-65-71(62,63)68-70(60,61)64-19-30-34(67-69(57,58)59)33(53)39(66-30)50-22-49-32-36(44)47-21-48-37(32)50/h18,21-22,26,28-30,33-35,39,53-54H,6-17,19-20H2,1-5H3,(H,45,52)(H,46,55)(H,60,61)(H,62,63)(H2,44,47,48)(H2,57,58,59)/b27-23-/t26-,28-,29-,30+,33+,34+,35-,39+,42-,43+/m0/s1. The van der Waals surface area contributed by atoms with Gasteiger partial charge < -0.3 is 50.9 Å². The van der Waals surface area contributed by atoms with E-state index in [9.17, 15) is 62.7 Å². The van der Waals surface area contributed by atoms with Crippen molar-refractivity contribution < 1.29 is 85.3 Å². The Morgan fingerprint density at radius 3 is 2.40 bits per heavy atom. The molecule has 4 aliphatic carbocycles. The number of hydrogen-bond acceptors (Lipinski definition) is 19. The monoisotopic (exact) mass is 1090 g/mol. The lowest BCUT2D eigenvalue weighted by Gasteiger charge is -2.57. The molecule has 400 valence electrons. The van der Waals surface area contributed by atoms with Crippen molar-refractivity contribution >= 4 is 74.9 Å². The van der Waals surface area contributed by atoms with Gasteiger partial charge in [-0.15, -0.1) is 0 Å². The van der Waals surface area contributed by atoms with Crippen LogP contribution in [0.4, 0.5) is 5.82 Å². The normalized spacial score (nSPS) is 31.3. The summed E-state index contributed by atoms with van der Waals surface area (Å²) < 4.78 is 62.7. The van der Waals surface area contributed by atoms with Crippen LogP contribution >= 0.6 is 35.2 Å². The molecule has 0 aromatic carbocycles. The highest BCUT2D eigenvalue weighted by molar-refractivity contribution is 8.14. The SMILES string of the molecule is C/C(C(=O)SCCNC(=O)CCNC(=O)[C@H](O)C(C)(C)COP(=O)(O)OP(=O)(O)OC[C@H]1O[C@@H](n2cnc3c(N)ncnc32)[C@H](O)[C@@H]1OP(=O)(O)O)=C1\CC[C@H]2[C@@H]3CCC4=CC(=O)CC[C@]4(C)[C@H]3CC[C@]12C. The summed E-state index contributed by atoms with van der Waals surface area (Å²) in [5.41, 5.74) is 7.66. The first-order chi connectivity index (χ1) is 33.6. The van der Waals surface area contributed by atoms with Crippen LogP contribution in [0, 0.1) is 34.0 Å². The third-order valence-corrected chi connectivity index (χ3v) is 19.3. The molecule has 0 radical (unpaired) electrons. The second-order valence-corrected chi connectivity index (χ2v) is 25.6. The van der Waals surface area contributed by atoms with E-state index in [0.717, 1.165) is 79.5 Å². The van der Waals surface area contributed by atoms with E-state index in [1.54, 1.807) is 0 Å². The van der Waals surface area contributed by atoms with Crippen molar-refractivity contribution in [2.75, 3.05) is 37.8 Å². The third-order valence-electron chi connectivity index (χ3n) is 15.2. The van der Waals surface area contributed by atoms with Crippen LogP contribution in [-0.2, 0) is 55.5 Å². The number of aromatic nitrogens is 4. The summed E-state index contributed by atoms with van der Waals surface area (Å²) in [6.45, 7) is 7.08. The molecular weight excluding hydrogens is 1030 g/mol. The number of rotatable bonds is 20. The zero-order valence-corrected chi connectivity index (χ0v) is 43.9. The van der Waals surface area contributed by atoms with Gasteiger partial charge in [-0.2, -0.15) is 4.31 Å². The third kappa shape index (κ3) is 12.4. The zero-order valence-electron chi connectivity index (χ0n) is 40.4. The number of nitrogens with zero attached hydrogens (tertiary/aromatic N) is 4. The molecule has 0 bridgehead atoms. The maximum absolute atomic E-state index is 13.5. The zero-order chi connectivity index (χ0) is 52.8. The number of ketones is 1. The molecule has 7 rings (SSSR count). The molecular formula is C43H64N7O18P3S. The highest BCUT2D eigenvalue weighted by Crippen LogP contribution is 2.67. The number of phosphoric ester groups is 3. The molecule has 2 amide bonds. The van der Waals surface area contributed by atoms with Gasteiger partial charge in [0.2, 0.25) is 16.9 Å². The number of hydrogen-bond donors (Lipinski definition) is 9. The summed E-state index contributed by atoms with van der Waals surface area (Å²) in [6.07, 6.45) is 2.58. The number of nitrogens with two attached hydrogens (primary N) is 1. The molecule has 2 aromatic rings. The van der Waals surface area contributed by atoms with Crippen LogP contribution in [0.5, 0.6) is 0 Å². The number of nitrogens with one attached hydrogen (secondary N) is 2. The quantitative estimate of drug-likeness (QED) is 0.0520. The Hall–Kier alpha value is -3.29. The Kier molecular flexibility index (Phi) is 17.0. The first kappa shape index (κ1) is 56.4. The highest BCUT2D eigenvalue weighted by atomic mass is 32.2. The van der Waals surface area contributed by atoms with Gasteiger partial charge in [0.25, 0.3) is 0 Å². The lowest BCUT2D eigenvalue weighted by molar-refractivity contribution is -0.137. The lowest BCUT2D eigenvalue weighted by Crippen LogP contribution is -2.49. The average molecular weight is 1090 g/mol. The molecule has 5 aliphatic rings. The predicted molar refractivity (Wildman–Crippen MR) is 257 cm³/mol. The molecule has 3 heterocycles. The number of aliphatic hydroxyl groups excluding tert-OH is 2. The Morgan fingerprint density at radius 1 is 0.972 bits per heavy atom. The van der Waals surface area contributed by atoms with E-state index in [2.05, 4.69) is 48.3 Å². The van der Waals surface area contributed by atoms with Crippen molar-refractivity contribution in [3.63, 3.8) is 0 Å². The topological polar surface area (TPSA) is 381 Å². The van der Waals surface area contributed by atoms with Gasteiger partial charge in [0, 0.05) is 42.7 Å². The van der Waals surface area contributed by atoms with Crippen LogP contribution in [0.15, 0.2) is 35.4 Å². The molecule has 29 heteroatoms. The van der Waals surface area contributed by atoms with Crippen LogP contribution in [0.25, 0.3) is 11.2 Å². The van der Waals surface area contributed by atoms with Crippen LogP contribution in [0.2, 0.25) is 0 Å². The largest absolute Gasteiger partial charge is 0.481 e. The second kappa shape index (κ2) is 21.7. The molecule has 12 atom stereocenters. The van der Waals surface area contributed by atoms with Crippen molar-refractivity contribution in [1.29, 1.82) is 0 Å². The first-order valence-electron chi connectivity index (χ1n) is 23.6. The number of carbonyl (C=O) groups is 4. The number of allylic oxidation sites excluding steroid dienone is 2. The molecule has 1 aliphatic heterocycles. The number of nitrogen functional groups attached to an aromatic ring is 1. The van der Waals surface area contributed by atoms with Crippen LogP contribution in [0.3, 0.4) is 0 Å². The summed E-state index contributed by atoms with van der Waals surface area (Å²) >= 11 is 1.14. The molecule has 2 aromatic heterocycles. The Balaban J connectivity index is 0.815. The maximum Gasteiger partial charge on any atom is 0.481 e. The summed E-state index contributed by atoms with van der Waals surface area (Å²) in [4.78, 5) is 103. The summed E-state index contributed by atoms with van der Waals surface area (Å²) in [5.74, 6) is 0.739. The molecule has 72 heavy (non-hydrogen) atoms. The first-order valence-corrected chi connectivity index (χ1v) is 29.1. The summed E-state index contributed by atoms with van der Waals surface area (Å²) in [7, 11) is -16.5. The fourth-order valence-corrected chi connectivity index (χ4v) is 15.1. The van der Waals surface area contributed by atoms with Crippen molar-refractivity contribution in [3.05, 3.63) is 35.4 Å². The molecule has 3 saturated carbocycles. The van der Waals surface area contributed by atoms with Gasteiger partial charge in [0.05, 0.1) is 19.5 Å². The summed E-state index contributed by atoms with van der Waals surface area (Å²) in [6, 6.07) is 0. The minimum absolute atomic E-state index is 0.0215. The van der Waals surface area contributed by atoms with Gasteiger partial charge in [-0.05, 0) is 86.5 Å². The predicted octanol–water partition coefficient (Wildman–Crippen LogP) is 3.51. The number of thioether (sulfide) groups is 1. The number of amides is 2. The van der Waals surface area contributed by atoms with E-state index >= 15 is 0 Å². The van der Waals surface area contributed by atoms with Crippen molar-refractivity contribution in [2.24, 2.45) is 34.0 Å². The van der Waals surface area contributed by atoms with E-state index in [1.807, 2.05) is 13.0 Å². The summed E-state index contributed by atoms with van der Waals surface area (Å²) in [5, 5.41) is 26.8. The lowest BCUT2D eigenvalue weighted by atomic mass is 9.47. The Labute approximate surface area is 419 Å². The smallest absolute Gasteiger partial charge is 0.386 e. The van der Waals surface area contributed by atoms with Crippen LogP contribution in [-0.4, -0.2) is 128 Å². The van der Waals surface area contributed by atoms with E-state index in [-0.39, 0.29) is 58.2 Å². The van der Waals surface area contributed by atoms with Crippen molar-refractivity contribution in [2.45, 2.75) is 123 Å². The molecule has 1 saturated heterocycles. The average Bonchev–Trinajstić information content (AvgIpc) is 3.98. The van der Waals surface area contributed by atoms with Gasteiger partial charge >= 0.3 is 23.5 Å². The molecule has 25 nitrogen and oxygen atoms in total. The van der Waals surface area contributed by atoms with Gasteiger partial charge in [-0.25, -0.2) is 28.6 Å². The van der Waals surface area contributed by atoms with Gasteiger partial charge in [-0.3, -0.25) is 37.3 Å². The minimum atomic E-state index is -5.59. The van der Waals surface area contributed by atoms with Gasteiger partial charge in [0.1, 0.15) is 36.3 Å². The molecule has 2 unspecified atom stereocenters. The van der Waals surface area contributed by atoms with E-state index in [4.69, 9.17) is 19.5 Å². The number of imidazole rings is 1. The minimum Gasteiger partial charge on any atom is -0.386 e. The molecule has 0 spiro atoms.